The van der Waals surface area contributed by atoms with Crippen molar-refractivity contribution in [1.82, 2.24) is 5.32 Å². The van der Waals surface area contributed by atoms with Crippen molar-refractivity contribution in [2.24, 2.45) is 0 Å². The highest BCUT2D eigenvalue weighted by Gasteiger charge is 2.44. The van der Waals surface area contributed by atoms with Crippen LogP contribution >= 0.6 is 0 Å². The van der Waals surface area contributed by atoms with Crippen LogP contribution in [0.3, 0.4) is 0 Å². The minimum absolute atomic E-state index is 0.209. The average Bonchev–Trinajstić information content (AvgIpc) is 3.41. The summed E-state index contributed by atoms with van der Waals surface area (Å²) in [5.41, 5.74) is 0. The molecule has 1 aliphatic rings. The Kier molecular flexibility index (Phi) is 48.8. The molecule has 1 saturated heterocycles. The van der Waals surface area contributed by atoms with E-state index in [4.69, 9.17) is 9.47 Å². The zero-order valence-corrected chi connectivity index (χ0v) is 46.7. The third kappa shape index (κ3) is 42.6. The summed E-state index contributed by atoms with van der Waals surface area (Å²) in [6, 6.07) is -0.829. The standard InChI is InChI=1S/C66H105NO8/c1-3-5-7-9-11-13-15-16-17-18-19-20-21-22-23-24-25-26-27-28-29-30-31-32-33-34-35-36-37-38-39-40-41-42-43-44-46-48-50-52-54-56-62(70)67-59(58-74-66-65(73)64(72)63(71)61(57-68)75-66)60(69)55-53-51-49-47-45-14-12-10-8-6-4-2/h5,7,11,13,16-17,19-20,22-23,25-26,28-29,31-32,34-35,37-38,40-41,43-44,53,55,59-61,63-66,68-69,71-73H,3-4,6,8-10,12,14-15,18,21,24,27,30,33,36,39,42,45-52,54,56-58H2,1-2H3,(H,67,70)/b7-5-,13-11-,17-16-,20-19-,23-22-,26-25-,29-28-,32-31-,35-34-,38-37-,41-40-,44-43-,55-53+. The Bertz CT molecular complexity index is 1730. The molecule has 1 fully saturated rings. The third-order valence-electron chi connectivity index (χ3n) is 12.6. The molecule has 0 saturated carbocycles. The van der Waals surface area contributed by atoms with Gasteiger partial charge in [-0.1, -0.05) is 236 Å². The number of carbonyl (C=O) groups is 1. The van der Waals surface area contributed by atoms with Crippen LogP contribution in [-0.2, 0) is 14.3 Å². The number of aliphatic hydroxyl groups excluding tert-OH is 5. The van der Waals surface area contributed by atoms with E-state index in [2.05, 4.69) is 165 Å². The number of allylic oxidation sites excluding steroid dienone is 25. The predicted octanol–water partition coefficient (Wildman–Crippen LogP) is 14.8. The topological polar surface area (TPSA) is 149 Å². The molecule has 0 bridgehead atoms. The van der Waals surface area contributed by atoms with E-state index in [1.54, 1.807) is 6.08 Å². The van der Waals surface area contributed by atoms with Crippen LogP contribution in [0.15, 0.2) is 158 Å². The zero-order valence-electron chi connectivity index (χ0n) is 46.7. The molecule has 1 amide bonds. The molecule has 75 heavy (non-hydrogen) atoms. The zero-order chi connectivity index (χ0) is 54.3. The molecule has 0 radical (unpaired) electrons. The molecule has 1 rings (SSSR count). The van der Waals surface area contributed by atoms with Gasteiger partial charge in [0.2, 0.25) is 5.91 Å². The van der Waals surface area contributed by atoms with Crippen LogP contribution in [0, 0.1) is 0 Å². The van der Waals surface area contributed by atoms with Gasteiger partial charge < -0.3 is 40.3 Å². The molecule has 0 spiro atoms. The first-order valence-electron chi connectivity index (χ1n) is 29.2. The maximum absolute atomic E-state index is 13.0. The molecule has 0 aliphatic carbocycles. The highest BCUT2D eigenvalue weighted by atomic mass is 16.7. The lowest BCUT2D eigenvalue weighted by atomic mass is 9.99. The van der Waals surface area contributed by atoms with Gasteiger partial charge in [-0.3, -0.25) is 4.79 Å². The van der Waals surface area contributed by atoms with Crippen molar-refractivity contribution in [3.05, 3.63) is 158 Å². The Labute approximate surface area is 456 Å². The van der Waals surface area contributed by atoms with E-state index in [1.165, 1.54) is 44.9 Å². The highest BCUT2D eigenvalue weighted by Crippen LogP contribution is 2.22. The van der Waals surface area contributed by atoms with Gasteiger partial charge >= 0.3 is 0 Å². The summed E-state index contributed by atoms with van der Waals surface area (Å²) in [7, 11) is 0. The SMILES string of the molecule is CC/C=C\C/C=C\C/C=C\C/C=C\C/C=C\C/C=C\C/C=C\C/C=C\C/C=C\C/C=C\C/C=C\C/C=C\CCCCCCC(=O)NC(COC1OC(CO)C(O)C(O)C1O)C(O)/C=C/CCCCCCCCCCC. The molecule has 0 aromatic rings. The van der Waals surface area contributed by atoms with Crippen LogP contribution < -0.4 is 5.32 Å². The maximum Gasteiger partial charge on any atom is 0.220 e. The van der Waals surface area contributed by atoms with Crippen LogP contribution in [0.1, 0.15) is 194 Å². The summed E-state index contributed by atoms with van der Waals surface area (Å²) in [4.78, 5) is 13.0. The first-order valence-corrected chi connectivity index (χ1v) is 29.2. The molecule has 0 aromatic carbocycles. The number of nitrogens with one attached hydrogen (secondary N) is 1. The number of hydrogen-bond donors (Lipinski definition) is 6. The first kappa shape index (κ1) is 68.8. The quantitative estimate of drug-likeness (QED) is 0.0261. The van der Waals surface area contributed by atoms with Gasteiger partial charge in [-0.2, -0.15) is 0 Å². The second kappa shape index (κ2) is 53.2. The molecule has 7 unspecified atom stereocenters. The van der Waals surface area contributed by atoms with Crippen molar-refractivity contribution in [3.8, 4) is 0 Å². The second-order valence-corrected chi connectivity index (χ2v) is 19.4. The maximum atomic E-state index is 13.0. The Morgan fingerprint density at radius 1 is 0.467 bits per heavy atom. The normalized spacial score (nSPS) is 20.1. The minimum atomic E-state index is -1.58. The predicted molar refractivity (Wildman–Crippen MR) is 317 cm³/mol. The molecule has 6 N–H and O–H groups in total. The molecule has 1 aliphatic heterocycles. The Hall–Kier alpha value is -4.19. The van der Waals surface area contributed by atoms with Gasteiger partial charge in [0.1, 0.15) is 24.4 Å². The van der Waals surface area contributed by atoms with Crippen molar-refractivity contribution in [2.45, 2.75) is 236 Å². The smallest absolute Gasteiger partial charge is 0.220 e. The van der Waals surface area contributed by atoms with Gasteiger partial charge in [0.15, 0.2) is 6.29 Å². The van der Waals surface area contributed by atoms with E-state index in [1.807, 2.05) is 6.08 Å². The third-order valence-corrected chi connectivity index (χ3v) is 12.6. The second-order valence-electron chi connectivity index (χ2n) is 19.4. The van der Waals surface area contributed by atoms with Crippen molar-refractivity contribution in [1.29, 1.82) is 0 Å². The van der Waals surface area contributed by atoms with Crippen LogP contribution in [-0.4, -0.2) is 87.5 Å². The Balaban J connectivity index is 2.18. The molecular formula is C66H105NO8. The number of carbonyl (C=O) groups excluding carboxylic acids is 1. The monoisotopic (exact) mass is 1040 g/mol. The van der Waals surface area contributed by atoms with Crippen LogP contribution in [0.25, 0.3) is 0 Å². The summed E-state index contributed by atoms with van der Waals surface area (Å²) >= 11 is 0. The van der Waals surface area contributed by atoms with E-state index in [9.17, 15) is 30.3 Å². The summed E-state index contributed by atoms with van der Waals surface area (Å²) < 4.78 is 11.2. The number of hydrogen-bond acceptors (Lipinski definition) is 8. The summed E-state index contributed by atoms with van der Waals surface area (Å²) in [6.45, 7) is 3.60. The van der Waals surface area contributed by atoms with Crippen LogP contribution in [0.2, 0.25) is 0 Å². The lowest BCUT2D eigenvalue weighted by Gasteiger charge is -2.40. The molecule has 9 nitrogen and oxygen atoms in total. The van der Waals surface area contributed by atoms with E-state index < -0.39 is 49.5 Å². The first-order chi connectivity index (χ1) is 36.8. The van der Waals surface area contributed by atoms with Gasteiger partial charge in [-0.15, -0.1) is 0 Å². The lowest BCUT2D eigenvalue weighted by molar-refractivity contribution is -0.302. The fourth-order valence-electron chi connectivity index (χ4n) is 8.02. The summed E-state index contributed by atoms with van der Waals surface area (Å²) in [6.07, 6.45) is 77.5. The van der Waals surface area contributed by atoms with Crippen molar-refractivity contribution >= 4 is 5.91 Å². The number of aliphatic hydroxyl groups is 5. The van der Waals surface area contributed by atoms with E-state index in [0.717, 1.165) is 122 Å². The molecule has 1 heterocycles. The minimum Gasteiger partial charge on any atom is -0.394 e. The van der Waals surface area contributed by atoms with Crippen molar-refractivity contribution in [3.63, 3.8) is 0 Å². The molecule has 7 atom stereocenters. The molecule has 422 valence electrons. The Morgan fingerprint density at radius 2 is 0.827 bits per heavy atom. The molecule has 0 aromatic heterocycles. The molecular weight excluding hydrogens is 935 g/mol. The van der Waals surface area contributed by atoms with Crippen LogP contribution in [0.4, 0.5) is 0 Å². The fraction of sp³-hybridized carbons (Fsp3) is 0.591. The van der Waals surface area contributed by atoms with Gasteiger partial charge in [-0.05, 0) is 109 Å². The van der Waals surface area contributed by atoms with Gasteiger partial charge in [0, 0.05) is 6.42 Å². The van der Waals surface area contributed by atoms with Gasteiger partial charge in [0.05, 0.1) is 25.4 Å². The fourth-order valence-corrected chi connectivity index (χ4v) is 8.02. The van der Waals surface area contributed by atoms with Gasteiger partial charge in [-0.25, -0.2) is 0 Å². The Morgan fingerprint density at radius 3 is 1.23 bits per heavy atom. The van der Waals surface area contributed by atoms with E-state index in [-0.39, 0.29) is 12.5 Å². The largest absolute Gasteiger partial charge is 0.394 e. The number of rotatable bonds is 47. The van der Waals surface area contributed by atoms with E-state index in [0.29, 0.717) is 12.8 Å². The van der Waals surface area contributed by atoms with Crippen molar-refractivity contribution < 1.29 is 39.8 Å². The number of amides is 1. The molecule has 9 heteroatoms. The van der Waals surface area contributed by atoms with E-state index >= 15 is 0 Å². The van der Waals surface area contributed by atoms with Crippen molar-refractivity contribution in [2.75, 3.05) is 13.2 Å². The summed E-state index contributed by atoms with van der Waals surface area (Å²) in [5.74, 6) is -0.210. The highest BCUT2D eigenvalue weighted by molar-refractivity contribution is 5.76. The van der Waals surface area contributed by atoms with Crippen LogP contribution in [0.5, 0.6) is 0 Å². The van der Waals surface area contributed by atoms with Gasteiger partial charge in [0.25, 0.3) is 0 Å². The number of ether oxygens (including phenoxy) is 2. The summed E-state index contributed by atoms with van der Waals surface area (Å²) in [5, 5.41) is 54.3. The lowest BCUT2D eigenvalue weighted by Crippen LogP contribution is -2.60. The average molecular weight is 1040 g/mol. The number of unbranched alkanes of at least 4 members (excludes halogenated alkanes) is 13.